The van der Waals surface area contributed by atoms with E-state index in [1.807, 2.05) is 47.3 Å². The van der Waals surface area contributed by atoms with Gasteiger partial charge in [0.05, 0.1) is 42.0 Å². The van der Waals surface area contributed by atoms with E-state index in [-0.39, 0.29) is 5.75 Å². The van der Waals surface area contributed by atoms with E-state index in [0.717, 1.165) is 27.5 Å². The zero-order valence-corrected chi connectivity index (χ0v) is 22.6. The molecule has 40 heavy (non-hydrogen) atoms. The smallest absolute Gasteiger partial charge is 0.152 e. The average molecular weight is 554 g/mol. The van der Waals surface area contributed by atoms with Gasteiger partial charge in [0.25, 0.3) is 0 Å². The highest BCUT2D eigenvalue weighted by Gasteiger charge is 2.12. The van der Waals surface area contributed by atoms with Gasteiger partial charge in [0.15, 0.2) is 5.76 Å². The second-order valence-electron chi connectivity index (χ2n) is 9.62. The molecule has 6 rings (SSSR count). The second kappa shape index (κ2) is 10.9. The summed E-state index contributed by atoms with van der Waals surface area (Å²) in [5.74, 6) is 1.34. The topological polar surface area (TPSA) is 128 Å². The van der Waals surface area contributed by atoms with Gasteiger partial charge in [-0.25, -0.2) is 18.4 Å². The Hall–Kier alpha value is -4.61. The van der Waals surface area contributed by atoms with Gasteiger partial charge in [-0.05, 0) is 35.9 Å². The number of nitrogens with one attached hydrogen (secondary N) is 2. The number of pyridine rings is 1. The standard InChI is InChI=1S/C29H27N7O3S/c1-40(37,38)10-9-30-14-21-11-28(39-18-21)25-13-24-26(16-31-25)32-19-33-29(24)35-23-7-8-27-22(12-23)15-34-36(27)17-20-5-3-2-4-6-20/h2-8,11-13,15-16,18-19,30H,9-10,14,17H2,1H3,(H,32,33,35). The molecule has 0 saturated heterocycles. The molecular weight excluding hydrogens is 526 g/mol. The minimum Gasteiger partial charge on any atom is -0.462 e. The summed E-state index contributed by atoms with van der Waals surface area (Å²) in [5, 5.41) is 13.0. The fourth-order valence-electron chi connectivity index (χ4n) is 4.47. The summed E-state index contributed by atoms with van der Waals surface area (Å²) in [6.07, 6.45) is 7.94. The summed E-state index contributed by atoms with van der Waals surface area (Å²) >= 11 is 0. The normalized spacial score (nSPS) is 11.8. The molecule has 6 aromatic rings. The number of sulfone groups is 1. The van der Waals surface area contributed by atoms with E-state index in [2.05, 4.69) is 54.9 Å². The third-order valence-corrected chi connectivity index (χ3v) is 7.43. The van der Waals surface area contributed by atoms with Gasteiger partial charge in [-0.1, -0.05) is 30.3 Å². The van der Waals surface area contributed by atoms with Crippen LogP contribution in [-0.2, 0) is 22.9 Å². The number of fused-ring (bicyclic) bond motifs is 2. The van der Waals surface area contributed by atoms with E-state index < -0.39 is 9.84 Å². The Morgan fingerprint density at radius 3 is 2.67 bits per heavy atom. The van der Waals surface area contributed by atoms with Gasteiger partial charge in [0.1, 0.15) is 27.7 Å². The molecular formula is C29H27N7O3S. The van der Waals surface area contributed by atoms with Gasteiger partial charge in [-0.3, -0.25) is 9.67 Å². The van der Waals surface area contributed by atoms with Crippen molar-refractivity contribution in [2.45, 2.75) is 13.1 Å². The number of aromatic nitrogens is 5. The summed E-state index contributed by atoms with van der Waals surface area (Å²) in [7, 11) is -3.00. The van der Waals surface area contributed by atoms with Gasteiger partial charge >= 0.3 is 0 Å². The first-order valence-electron chi connectivity index (χ1n) is 12.7. The lowest BCUT2D eigenvalue weighted by Gasteiger charge is -2.10. The highest BCUT2D eigenvalue weighted by molar-refractivity contribution is 7.90. The fourth-order valence-corrected chi connectivity index (χ4v) is 4.99. The molecule has 4 heterocycles. The van der Waals surface area contributed by atoms with E-state index >= 15 is 0 Å². The van der Waals surface area contributed by atoms with Crippen LogP contribution in [0, 0.1) is 0 Å². The average Bonchev–Trinajstić information content (AvgIpc) is 3.58. The Balaban J connectivity index is 1.21. The van der Waals surface area contributed by atoms with Crippen LogP contribution in [0.5, 0.6) is 0 Å². The first-order valence-corrected chi connectivity index (χ1v) is 14.8. The number of hydrogen-bond donors (Lipinski definition) is 2. The maximum absolute atomic E-state index is 11.3. The molecule has 0 atom stereocenters. The summed E-state index contributed by atoms with van der Waals surface area (Å²) < 4.78 is 30.4. The van der Waals surface area contributed by atoms with Crippen molar-refractivity contribution in [2.75, 3.05) is 23.9 Å². The van der Waals surface area contributed by atoms with Crippen LogP contribution in [0.2, 0.25) is 0 Å². The SMILES string of the molecule is CS(=O)(=O)CCNCc1coc(-c2cc3c(Nc4ccc5c(cnn5Cc5ccccc5)c4)ncnc3cn2)c1. The molecule has 0 radical (unpaired) electrons. The molecule has 0 bridgehead atoms. The molecule has 0 aliphatic carbocycles. The zero-order chi connectivity index (χ0) is 27.5. The molecule has 0 fully saturated rings. The number of benzene rings is 2. The van der Waals surface area contributed by atoms with E-state index in [1.54, 1.807) is 12.5 Å². The zero-order valence-electron chi connectivity index (χ0n) is 21.8. The second-order valence-corrected chi connectivity index (χ2v) is 11.9. The molecule has 0 aliphatic heterocycles. The van der Waals surface area contributed by atoms with Crippen molar-refractivity contribution in [3.63, 3.8) is 0 Å². The first-order chi connectivity index (χ1) is 19.4. The predicted molar refractivity (Wildman–Crippen MR) is 155 cm³/mol. The number of rotatable bonds is 10. The lowest BCUT2D eigenvalue weighted by molar-refractivity contribution is 0.572. The van der Waals surface area contributed by atoms with Gasteiger partial charge in [-0.15, -0.1) is 0 Å². The quantitative estimate of drug-likeness (QED) is 0.235. The highest BCUT2D eigenvalue weighted by Crippen LogP contribution is 2.29. The minimum absolute atomic E-state index is 0.0860. The third-order valence-electron chi connectivity index (χ3n) is 6.49. The molecule has 202 valence electrons. The molecule has 11 heteroatoms. The molecule has 2 N–H and O–H groups in total. The largest absolute Gasteiger partial charge is 0.462 e. The van der Waals surface area contributed by atoms with Crippen LogP contribution in [0.25, 0.3) is 33.3 Å². The van der Waals surface area contributed by atoms with Crippen molar-refractivity contribution < 1.29 is 12.8 Å². The monoisotopic (exact) mass is 553 g/mol. The summed E-state index contributed by atoms with van der Waals surface area (Å²) in [4.78, 5) is 13.4. The van der Waals surface area contributed by atoms with Crippen LogP contribution in [0.15, 0.2) is 90.1 Å². The van der Waals surface area contributed by atoms with Crippen molar-refractivity contribution in [3.05, 3.63) is 96.8 Å². The van der Waals surface area contributed by atoms with Crippen LogP contribution in [-0.4, -0.2) is 51.7 Å². The molecule has 0 aliphatic rings. The Morgan fingerprint density at radius 2 is 1.82 bits per heavy atom. The van der Waals surface area contributed by atoms with Gasteiger partial charge in [0, 0.05) is 41.4 Å². The van der Waals surface area contributed by atoms with Crippen LogP contribution < -0.4 is 10.6 Å². The number of anilines is 2. The molecule has 0 saturated carbocycles. The van der Waals surface area contributed by atoms with Crippen LogP contribution in [0.3, 0.4) is 0 Å². The number of furan rings is 1. The van der Waals surface area contributed by atoms with Gasteiger partial charge < -0.3 is 15.1 Å². The molecule has 0 spiro atoms. The van der Waals surface area contributed by atoms with Crippen LogP contribution in [0.1, 0.15) is 11.1 Å². The summed E-state index contributed by atoms with van der Waals surface area (Å²) in [5.41, 5.74) is 5.36. The summed E-state index contributed by atoms with van der Waals surface area (Å²) in [6.45, 7) is 1.57. The highest BCUT2D eigenvalue weighted by atomic mass is 32.2. The lowest BCUT2D eigenvalue weighted by Crippen LogP contribution is -2.21. The lowest BCUT2D eigenvalue weighted by atomic mass is 10.2. The van der Waals surface area contributed by atoms with Gasteiger partial charge in [0.2, 0.25) is 0 Å². The van der Waals surface area contributed by atoms with Crippen LogP contribution >= 0.6 is 0 Å². The minimum atomic E-state index is -3.00. The number of hydrogen-bond acceptors (Lipinski definition) is 9. The van der Waals surface area contributed by atoms with E-state index in [1.165, 1.54) is 18.1 Å². The Labute approximate surface area is 231 Å². The van der Waals surface area contributed by atoms with E-state index in [4.69, 9.17) is 4.42 Å². The molecule has 4 aromatic heterocycles. The van der Waals surface area contributed by atoms with E-state index in [9.17, 15) is 8.42 Å². The Kier molecular flexibility index (Phi) is 6.97. The predicted octanol–water partition coefficient (Wildman–Crippen LogP) is 4.56. The molecule has 2 aromatic carbocycles. The van der Waals surface area contributed by atoms with Crippen molar-refractivity contribution in [3.8, 4) is 11.5 Å². The summed E-state index contributed by atoms with van der Waals surface area (Å²) in [6, 6.07) is 20.2. The van der Waals surface area contributed by atoms with Crippen molar-refractivity contribution in [1.82, 2.24) is 30.0 Å². The fraction of sp³-hybridized carbons (Fsp3) is 0.172. The van der Waals surface area contributed by atoms with E-state index in [0.29, 0.717) is 42.4 Å². The van der Waals surface area contributed by atoms with Crippen molar-refractivity contribution in [1.29, 1.82) is 0 Å². The maximum Gasteiger partial charge on any atom is 0.152 e. The number of nitrogens with zero attached hydrogens (tertiary/aromatic N) is 5. The third kappa shape index (κ3) is 5.85. The Morgan fingerprint density at radius 1 is 0.950 bits per heavy atom. The van der Waals surface area contributed by atoms with Crippen molar-refractivity contribution in [2.24, 2.45) is 0 Å². The first kappa shape index (κ1) is 25.7. The van der Waals surface area contributed by atoms with Gasteiger partial charge in [-0.2, -0.15) is 5.10 Å². The Bertz CT molecular complexity index is 1900. The maximum atomic E-state index is 11.3. The molecule has 0 amide bonds. The van der Waals surface area contributed by atoms with Crippen molar-refractivity contribution >= 4 is 43.1 Å². The molecule has 0 unspecified atom stereocenters. The van der Waals surface area contributed by atoms with Crippen LogP contribution in [0.4, 0.5) is 11.5 Å². The molecule has 10 nitrogen and oxygen atoms in total.